The molecule has 2 aromatic rings. The molecule has 1 aliphatic carbocycles. The highest BCUT2D eigenvalue weighted by atomic mass is 19.4. The van der Waals surface area contributed by atoms with E-state index >= 15 is 0 Å². The average Bonchev–Trinajstić information content (AvgIpc) is 3.28. The van der Waals surface area contributed by atoms with Crippen LogP contribution in [-0.2, 0) is 26.6 Å². The number of piperidine rings is 1. The Kier molecular flexibility index (Phi) is 9.86. The van der Waals surface area contributed by atoms with E-state index in [1.165, 1.54) is 19.1 Å². The second-order valence-electron chi connectivity index (χ2n) is 12.7. The fraction of sp³-hybridized carbons (Fsp3) is 0.594. The van der Waals surface area contributed by atoms with Crippen molar-refractivity contribution in [3.8, 4) is 0 Å². The summed E-state index contributed by atoms with van der Waals surface area (Å²) >= 11 is 0. The molecule has 0 amide bonds. The van der Waals surface area contributed by atoms with E-state index in [4.69, 9.17) is 9.47 Å². The number of hydrogen-bond donors (Lipinski definition) is 0. The highest BCUT2D eigenvalue weighted by Gasteiger charge is 2.42. The van der Waals surface area contributed by atoms with Gasteiger partial charge in [-0.1, -0.05) is 12.1 Å². The Morgan fingerprint density at radius 3 is 2.09 bits per heavy atom. The minimum atomic E-state index is -4.96. The van der Waals surface area contributed by atoms with Crippen LogP contribution in [0, 0.1) is 17.7 Å². The summed E-state index contributed by atoms with van der Waals surface area (Å²) in [6.45, 7) is 8.82. The van der Waals surface area contributed by atoms with Gasteiger partial charge in [0.1, 0.15) is 11.4 Å². The van der Waals surface area contributed by atoms with Gasteiger partial charge in [0.15, 0.2) is 0 Å². The predicted molar refractivity (Wildman–Crippen MR) is 147 cm³/mol. The van der Waals surface area contributed by atoms with Crippen LogP contribution in [0.1, 0.15) is 87.7 Å². The zero-order chi connectivity index (χ0) is 31.7. The van der Waals surface area contributed by atoms with Crippen LogP contribution in [0.3, 0.4) is 0 Å². The van der Waals surface area contributed by atoms with E-state index in [2.05, 4.69) is 4.90 Å². The molecule has 4 nitrogen and oxygen atoms in total. The largest absolute Gasteiger partial charge is 0.460 e. The van der Waals surface area contributed by atoms with Gasteiger partial charge in [0, 0.05) is 19.0 Å². The van der Waals surface area contributed by atoms with Crippen molar-refractivity contribution >= 4 is 5.97 Å². The lowest BCUT2D eigenvalue weighted by Crippen LogP contribution is -2.43. The number of carbonyl (C=O) groups excluding carboxylic acids is 1. The fourth-order valence-electron chi connectivity index (χ4n) is 6.26. The Morgan fingerprint density at radius 1 is 0.930 bits per heavy atom. The molecule has 1 saturated carbocycles. The standard InChI is InChI=1S/C32H38F7NO3/c1-19(23-14-24(31(34,35)36)16-25(15-23)32(37,38)39)42-27-12-9-21(28(27)20-7-10-26(33)11-8-20)17-40-13-5-6-22(18-40)29(41)43-30(2,3)4/h7-8,10-11,14-16,19,21-22,27-28H,5-6,9,12-13,17-18H2,1-4H3/t19-,21+,22-,27+,28+/m1/s1. The van der Waals surface area contributed by atoms with Crippen molar-refractivity contribution in [3.63, 3.8) is 0 Å². The van der Waals surface area contributed by atoms with E-state index < -0.39 is 47.1 Å². The third kappa shape index (κ3) is 8.71. The topological polar surface area (TPSA) is 38.8 Å². The number of rotatable bonds is 7. The van der Waals surface area contributed by atoms with Crippen molar-refractivity contribution in [2.24, 2.45) is 11.8 Å². The summed E-state index contributed by atoms with van der Waals surface area (Å²) in [5.74, 6) is -1.21. The number of esters is 1. The van der Waals surface area contributed by atoms with Gasteiger partial charge in [0.05, 0.1) is 29.3 Å². The lowest BCUT2D eigenvalue weighted by atomic mass is 9.86. The van der Waals surface area contributed by atoms with Crippen LogP contribution in [-0.4, -0.2) is 42.2 Å². The molecule has 1 aliphatic heterocycles. The van der Waals surface area contributed by atoms with Crippen LogP contribution in [0.25, 0.3) is 0 Å². The Balaban J connectivity index is 1.55. The van der Waals surface area contributed by atoms with Gasteiger partial charge in [-0.25, -0.2) is 4.39 Å². The SMILES string of the molecule is C[C@@H](O[C@H]1CC[C@@H](CN2CCC[C@@H](C(=O)OC(C)(C)C)C2)[C@@H]1c1ccc(F)cc1)c1cc(C(F)(F)F)cc(C(F)(F)F)c1. The van der Waals surface area contributed by atoms with Crippen molar-refractivity contribution in [1.82, 2.24) is 4.90 Å². The molecule has 4 rings (SSSR count). The van der Waals surface area contributed by atoms with Crippen molar-refractivity contribution in [2.75, 3.05) is 19.6 Å². The number of carbonyl (C=O) groups is 1. The summed E-state index contributed by atoms with van der Waals surface area (Å²) in [5, 5.41) is 0. The first kappa shape index (κ1) is 33.2. The van der Waals surface area contributed by atoms with Crippen molar-refractivity contribution < 1.29 is 45.0 Å². The quantitative estimate of drug-likeness (QED) is 0.231. The Labute approximate surface area is 247 Å². The van der Waals surface area contributed by atoms with Crippen LogP contribution in [0.2, 0.25) is 0 Å². The van der Waals surface area contributed by atoms with E-state index in [9.17, 15) is 35.5 Å². The number of alkyl halides is 6. The van der Waals surface area contributed by atoms with E-state index in [0.717, 1.165) is 24.9 Å². The van der Waals surface area contributed by atoms with Crippen molar-refractivity contribution in [2.45, 2.75) is 89.5 Å². The van der Waals surface area contributed by atoms with Crippen molar-refractivity contribution in [1.29, 1.82) is 0 Å². The van der Waals surface area contributed by atoms with Gasteiger partial charge < -0.3 is 14.4 Å². The normalized spacial score (nSPS) is 24.6. The number of benzene rings is 2. The number of hydrogen-bond acceptors (Lipinski definition) is 4. The Morgan fingerprint density at radius 2 is 1.53 bits per heavy atom. The first-order valence-electron chi connectivity index (χ1n) is 14.6. The third-order valence-corrected chi connectivity index (χ3v) is 8.18. The van der Waals surface area contributed by atoms with Gasteiger partial charge in [0.25, 0.3) is 0 Å². The molecule has 238 valence electrons. The molecule has 0 unspecified atom stereocenters. The van der Waals surface area contributed by atoms with Crippen LogP contribution in [0.15, 0.2) is 42.5 Å². The summed E-state index contributed by atoms with van der Waals surface area (Å²) in [7, 11) is 0. The maximum atomic E-state index is 13.8. The van der Waals surface area contributed by atoms with E-state index in [1.807, 2.05) is 20.8 Å². The lowest BCUT2D eigenvalue weighted by molar-refractivity contribution is -0.162. The highest BCUT2D eigenvalue weighted by molar-refractivity contribution is 5.73. The molecule has 1 saturated heterocycles. The molecule has 0 spiro atoms. The van der Waals surface area contributed by atoms with Crippen LogP contribution >= 0.6 is 0 Å². The predicted octanol–water partition coefficient (Wildman–Crippen LogP) is 8.56. The molecule has 5 atom stereocenters. The Hall–Kier alpha value is -2.66. The molecule has 2 fully saturated rings. The lowest BCUT2D eigenvalue weighted by Gasteiger charge is -2.36. The molecule has 43 heavy (non-hydrogen) atoms. The molecular weight excluding hydrogens is 579 g/mol. The molecule has 0 radical (unpaired) electrons. The number of ether oxygens (including phenoxy) is 2. The molecule has 0 N–H and O–H groups in total. The van der Waals surface area contributed by atoms with Crippen LogP contribution in [0.4, 0.5) is 30.7 Å². The smallest absolute Gasteiger partial charge is 0.416 e. The third-order valence-electron chi connectivity index (χ3n) is 8.18. The molecule has 11 heteroatoms. The molecular formula is C32H38F7NO3. The molecule has 0 aromatic heterocycles. The summed E-state index contributed by atoms with van der Waals surface area (Å²) in [6.07, 6.45) is -8.78. The monoisotopic (exact) mass is 617 g/mol. The number of halogens is 7. The maximum absolute atomic E-state index is 13.8. The maximum Gasteiger partial charge on any atom is 0.416 e. The van der Waals surface area contributed by atoms with Gasteiger partial charge in [-0.3, -0.25) is 4.79 Å². The molecule has 2 aliphatic rings. The minimum absolute atomic E-state index is 0.00675. The van der Waals surface area contributed by atoms with Crippen LogP contribution < -0.4 is 0 Å². The fourth-order valence-corrected chi connectivity index (χ4v) is 6.26. The summed E-state index contributed by atoms with van der Waals surface area (Å²) in [4.78, 5) is 15.0. The Bertz CT molecular complexity index is 1220. The van der Waals surface area contributed by atoms with Crippen LogP contribution in [0.5, 0.6) is 0 Å². The summed E-state index contributed by atoms with van der Waals surface area (Å²) < 4.78 is 107. The summed E-state index contributed by atoms with van der Waals surface area (Å²) in [5.41, 5.74) is -2.82. The second-order valence-corrected chi connectivity index (χ2v) is 12.7. The highest BCUT2D eigenvalue weighted by Crippen LogP contribution is 2.45. The zero-order valence-electron chi connectivity index (χ0n) is 24.7. The minimum Gasteiger partial charge on any atom is -0.460 e. The average molecular weight is 618 g/mol. The molecule has 1 heterocycles. The second kappa shape index (κ2) is 12.8. The van der Waals surface area contributed by atoms with E-state index in [0.29, 0.717) is 38.1 Å². The van der Waals surface area contributed by atoms with Gasteiger partial charge in [-0.15, -0.1) is 0 Å². The van der Waals surface area contributed by atoms with Crippen molar-refractivity contribution in [3.05, 3.63) is 70.5 Å². The molecule has 0 bridgehead atoms. The zero-order valence-corrected chi connectivity index (χ0v) is 24.7. The van der Waals surface area contributed by atoms with Gasteiger partial charge >= 0.3 is 18.3 Å². The molecule has 2 aromatic carbocycles. The summed E-state index contributed by atoms with van der Waals surface area (Å²) in [6, 6.07) is 7.44. The van der Waals surface area contributed by atoms with Gasteiger partial charge in [-0.05, 0) is 107 Å². The first-order valence-corrected chi connectivity index (χ1v) is 14.6. The number of likely N-dealkylation sites (tertiary alicyclic amines) is 1. The van der Waals surface area contributed by atoms with Gasteiger partial charge in [0.2, 0.25) is 0 Å². The van der Waals surface area contributed by atoms with E-state index in [1.54, 1.807) is 12.1 Å². The first-order chi connectivity index (χ1) is 19.9. The van der Waals surface area contributed by atoms with Gasteiger partial charge in [-0.2, -0.15) is 26.3 Å². The number of nitrogens with zero attached hydrogens (tertiary/aromatic N) is 1. The van der Waals surface area contributed by atoms with E-state index in [-0.39, 0.29) is 35.4 Å².